The Kier molecular flexibility index (Phi) is 9.67. The number of anilines is 2. The van der Waals surface area contributed by atoms with Gasteiger partial charge in [0, 0.05) is 39.5 Å². The van der Waals surface area contributed by atoms with Crippen LogP contribution >= 0.6 is 23.1 Å². The summed E-state index contributed by atoms with van der Waals surface area (Å²) < 4.78 is 13.2. The Morgan fingerprint density at radius 1 is 0.907 bits per heavy atom. The van der Waals surface area contributed by atoms with E-state index in [2.05, 4.69) is 25.9 Å². The molecule has 214 valence electrons. The fourth-order valence-corrected chi connectivity index (χ4v) is 5.31. The maximum atomic E-state index is 13.3. The Hall–Kier alpha value is -5.13. The predicted molar refractivity (Wildman–Crippen MR) is 168 cm³/mol. The molecule has 8 nitrogen and oxygen atoms in total. The first kappa shape index (κ1) is 29.4. The van der Waals surface area contributed by atoms with Crippen LogP contribution in [0.15, 0.2) is 119 Å². The standard InChI is InChI=1S/C32H24FN5O3S2/c33-24-13-11-22(12-14-24)28-19-43-32(37-28)38-29(39)20-42-26-10-4-9-25(17-26)35-31(41)27(16-21-6-5-15-34-18-21)36-30(40)23-7-2-1-3-8-23/h1-19H,20H2,(H,35,41)(H,36,40)(H,37,38,39)/b27-16-. The number of nitrogens with zero attached hydrogens (tertiary/aromatic N) is 2. The minimum absolute atomic E-state index is 0.0442. The number of carbonyl (C=O) groups excluding carboxylic acids is 3. The maximum Gasteiger partial charge on any atom is 0.272 e. The molecule has 0 saturated heterocycles. The van der Waals surface area contributed by atoms with Gasteiger partial charge in [-0.05, 0) is 72.3 Å². The third kappa shape index (κ3) is 8.44. The molecule has 3 amide bonds. The van der Waals surface area contributed by atoms with Crippen molar-refractivity contribution in [2.24, 2.45) is 0 Å². The van der Waals surface area contributed by atoms with Crippen LogP contribution in [0.25, 0.3) is 17.3 Å². The van der Waals surface area contributed by atoms with E-state index in [1.165, 1.54) is 35.2 Å². The molecule has 43 heavy (non-hydrogen) atoms. The largest absolute Gasteiger partial charge is 0.321 e. The Labute approximate surface area is 255 Å². The number of amides is 3. The van der Waals surface area contributed by atoms with Crippen molar-refractivity contribution in [2.45, 2.75) is 4.90 Å². The average molecular weight is 610 g/mol. The van der Waals surface area contributed by atoms with Gasteiger partial charge in [-0.3, -0.25) is 19.4 Å². The van der Waals surface area contributed by atoms with Crippen molar-refractivity contribution in [3.8, 4) is 11.3 Å². The van der Waals surface area contributed by atoms with Gasteiger partial charge >= 0.3 is 0 Å². The van der Waals surface area contributed by atoms with E-state index in [1.54, 1.807) is 96.6 Å². The van der Waals surface area contributed by atoms with Gasteiger partial charge in [0.1, 0.15) is 11.5 Å². The highest BCUT2D eigenvalue weighted by Crippen LogP contribution is 2.26. The minimum atomic E-state index is -0.520. The molecule has 0 saturated carbocycles. The maximum absolute atomic E-state index is 13.3. The molecular weight excluding hydrogens is 586 g/mol. The number of hydrogen-bond donors (Lipinski definition) is 3. The highest BCUT2D eigenvalue weighted by molar-refractivity contribution is 8.00. The Bertz CT molecular complexity index is 1760. The van der Waals surface area contributed by atoms with Crippen LogP contribution in [0, 0.1) is 5.82 Å². The van der Waals surface area contributed by atoms with Crippen molar-refractivity contribution in [2.75, 3.05) is 16.4 Å². The lowest BCUT2D eigenvalue weighted by Crippen LogP contribution is -2.30. The SMILES string of the molecule is O=C(CSc1cccc(NC(=O)/C(=C/c2cccnc2)NC(=O)c2ccccc2)c1)Nc1nc(-c2ccc(F)cc2)cs1. The second kappa shape index (κ2) is 14.2. The van der Waals surface area contributed by atoms with Crippen LogP contribution in [0.1, 0.15) is 15.9 Å². The van der Waals surface area contributed by atoms with Gasteiger partial charge in [-0.15, -0.1) is 23.1 Å². The molecule has 5 aromatic rings. The molecule has 0 aliphatic carbocycles. The van der Waals surface area contributed by atoms with Crippen molar-refractivity contribution in [1.82, 2.24) is 15.3 Å². The fourth-order valence-electron chi connectivity index (χ4n) is 3.82. The molecule has 0 bridgehead atoms. The number of nitrogens with one attached hydrogen (secondary N) is 3. The van der Waals surface area contributed by atoms with E-state index in [0.717, 1.165) is 10.5 Å². The van der Waals surface area contributed by atoms with Gasteiger partial charge in [-0.25, -0.2) is 9.37 Å². The number of hydrogen-bond acceptors (Lipinski definition) is 7. The smallest absolute Gasteiger partial charge is 0.272 e. The highest BCUT2D eigenvalue weighted by atomic mass is 32.2. The molecule has 0 aliphatic heterocycles. The van der Waals surface area contributed by atoms with E-state index in [0.29, 0.717) is 27.6 Å². The van der Waals surface area contributed by atoms with Crippen molar-refractivity contribution in [3.05, 3.63) is 131 Å². The molecule has 5 rings (SSSR count). The van der Waals surface area contributed by atoms with Crippen molar-refractivity contribution in [1.29, 1.82) is 0 Å². The van der Waals surface area contributed by atoms with E-state index >= 15 is 0 Å². The summed E-state index contributed by atoms with van der Waals surface area (Å²) in [5, 5.41) is 10.5. The topological polar surface area (TPSA) is 113 Å². The summed E-state index contributed by atoms with van der Waals surface area (Å²) in [5.41, 5.74) is 2.99. The molecule has 3 N–H and O–H groups in total. The summed E-state index contributed by atoms with van der Waals surface area (Å²) in [4.78, 5) is 47.9. The summed E-state index contributed by atoms with van der Waals surface area (Å²) >= 11 is 2.57. The zero-order valence-electron chi connectivity index (χ0n) is 22.5. The predicted octanol–water partition coefficient (Wildman–Crippen LogP) is 6.48. The lowest BCUT2D eigenvalue weighted by molar-refractivity contribution is -0.114. The molecule has 0 atom stereocenters. The van der Waals surface area contributed by atoms with Crippen molar-refractivity contribution < 1.29 is 18.8 Å². The Morgan fingerprint density at radius 2 is 1.72 bits per heavy atom. The first-order chi connectivity index (χ1) is 20.9. The van der Waals surface area contributed by atoms with Crippen LogP contribution in [0.3, 0.4) is 0 Å². The van der Waals surface area contributed by atoms with Crippen LogP contribution in [-0.4, -0.2) is 33.4 Å². The molecule has 0 fully saturated rings. The van der Waals surface area contributed by atoms with E-state index in [-0.39, 0.29) is 23.2 Å². The van der Waals surface area contributed by atoms with Gasteiger partial charge in [0.05, 0.1) is 11.4 Å². The van der Waals surface area contributed by atoms with E-state index in [9.17, 15) is 18.8 Å². The zero-order chi connectivity index (χ0) is 30.0. The minimum Gasteiger partial charge on any atom is -0.321 e. The van der Waals surface area contributed by atoms with Crippen LogP contribution < -0.4 is 16.0 Å². The quantitative estimate of drug-likeness (QED) is 0.123. The highest BCUT2D eigenvalue weighted by Gasteiger charge is 2.16. The number of thioether (sulfide) groups is 1. The monoisotopic (exact) mass is 609 g/mol. The molecule has 0 spiro atoms. The molecule has 0 unspecified atom stereocenters. The van der Waals surface area contributed by atoms with Crippen LogP contribution in [0.5, 0.6) is 0 Å². The van der Waals surface area contributed by atoms with Gasteiger partial charge in [-0.1, -0.05) is 30.3 Å². The van der Waals surface area contributed by atoms with Gasteiger partial charge in [0.25, 0.3) is 11.8 Å². The molecule has 2 aromatic heterocycles. The van der Waals surface area contributed by atoms with Gasteiger partial charge in [0.2, 0.25) is 5.91 Å². The number of pyridine rings is 1. The summed E-state index contributed by atoms with van der Waals surface area (Å²) in [6.45, 7) is 0. The van der Waals surface area contributed by atoms with Crippen LogP contribution in [0.4, 0.5) is 15.2 Å². The van der Waals surface area contributed by atoms with Crippen LogP contribution in [-0.2, 0) is 9.59 Å². The lowest BCUT2D eigenvalue weighted by Gasteiger charge is -2.12. The Balaban J connectivity index is 1.21. The zero-order valence-corrected chi connectivity index (χ0v) is 24.1. The number of halogens is 1. The lowest BCUT2D eigenvalue weighted by atomic mass is 10.2. The number of carbonyl (C=O) groups is 3. The first-order valence-corrected chi connectivity index (χ1v) is 14.8. The summed E-state index contributed by atoms with van der Waals surface area (Å²) in [6.07, 6.45) is 4.75. The second-order valence-corrected chi connectivity index (χ2v) is 10.9. The molecule has 0 radical (unpaired) electrons. The third-order valence-electron chi connectivity index (χ3n) is 5.88. The summed E-state index contributed by atoms with van der Waals surface area (Å²) in [5.74, 6) is -1.41. The number of aromatic nitrogens is 2. The van der Waals surface area contributed by atoms with E-state index in [4.69, 9.17) is 0 Å². The van der Waals surface area contributed by atoms with Crippen molar-refractivity contribution in [3.63, 3.8) is 0 Å². The molecule has 0 aliphatic rings. The van der Waals surface area contributed by atoms with Gasteiger partial charge in [-0.2, -0.15) is 0 Å². The number of benzene rings is 3. The molecule has 11 heteroatoms. The van der Waals surface area contributed by atoms with Gasteiger partial charge < -0.3 is 16.0 Å². The molecule has 3 aromatic carbocycles. The number of rotatable bonds is 10. The Morgan fingerprint density at radius 3 is 2.49 bits per heavy atom. The summed E-state index contributed by atoms with van der Waals surface area (Å²) in [7, 11) is 0. The van der Waals surface area contributed by atoms with Crippen LogP contribution in [0.2, 0.25) is 0 Å². The van der Waals surface area contributed by atoms with Gasteiger partial charge in [0.15, 0.2) is 5.13 Å². The van der Waals surface area contributed by atoms with E-state index in [1.807, 2.05) is 6.07 Å². The summed E-state index contributed by atoms with van der Waals surface area (Å²) in [6, 6.07) is 25.1. The van der Waals surface area contributed by atoms with Crippen molar-refractivity contribution >= 4 is 57.7 Å². The van der Waals surface area contributed by atoms with E-state index < -0.39 is 11.8 Å². The normalized spacial score (nSPS) is 11.0. The third-order valence-corrected chi connectivity index (χ3v) is 7.63. The molecule has 2 heterocycles. The number of thiazole rings is 1. The second-order valence-electron chi connectivity index (χ2n) is 9.03. The fraction of sp³-hybridized carbons (Fsp3) is 0.0312. The first-order valence-electron chi connectivity index (χ1n) is 13.0. The molecular formula is C32H24FN5O3S2. The average Bonchev–Trinajstić information content (AvgIpc) is 3.49.